The number of amides is 1. The van der Waals surface area contributed by atoms with Crippen LogP contribution in [0.25, 0.3) is 0 Å². The standard InChI is InChI=1S/C17H26N2O5S.O3/c1-5-23-15(21)13(10-25)7-11-6-12(9-20)14(18-8-11)19-16(22)24-17(2,3)4;1-3-2/h6,8,13,20,25H,5,7,9-10H2,1-4H3,(H,18,19,22);. The van der Waals surface area contributed by atoms with Gasteiger partial charge in [-0.2, -0.15) is 12.6 Å². The zero-order valence-electron chi connectivity index (χ0n) is 16.3. The first-order valence-electron chi connectivity index (χ1n) is 8.39. The van der Waals surface area contributed by atoms with Crippen molar-refractivity contribution in [2.24, 2.45) is 5.92 Å². The predicted octanol–water partition coefficient (Wildman–Crippen LogP) is 1.45. The van der Waals surface area contributed by atoms with E-state index in [1.54, 1.807) is 44.7 Å². The molecule has 0 fully saturated rings. The van der Waals surface area contributed by atoms with Crippen LogP contribution in [-0.4, -0.2) is 40.1 Å². The summed E-state index contributed by atoms with van der Waals surface area (Å²) in [6.07, 6.45) is 1.28. The molecule has 1 atom stereocenters. The van der Waals surface area contributed by atoms with E-state index < -0.39 is 17.6 Å². The fourth-order valence-corrected chi connectivity index (χ4v) is 2.35. The van der Waals surface area contributed by atoms with Crippen LogP contribution in [0, 0.1) is 15.6 Å². The zero-order valence-corrected chi connectivity index (χ0v) is 17.2. The molecular weight excluding hydrogens is 392 g/mol. The Hall–Kier alpha value is -2.40. The van der Waals surface area contributed by atoms with Gasteiger partial charge in [-0.15, -0.1) is 0 Å². The highest BCUT2D eigenvalue weighted by atomic mass is 32.1. The molecule has 0 saturated carbocycles. The Morgan fingerprint density at radius 3 is 2.50 bits per heavy atom. The molecule has 2 N–H and O–H groups in total. The number of carbonyl (C=O) groups excluding carboxylic acids is 2. The summed E-state index contributed by atoms with van der Waals surface area (Å²) in [4.78, 5) is 35.7. The number of rotatable bonds is 7. The lowest BCUT2D eigenvalue weighted by molar-refractivity contribution is -0.284. The van der Waals surface area contributed by atoms with Gasteiger partial charge in [0.25, 0.3) is 0 Å². The number of thiol groups is 1. The van der Waals surface area contributed by atoms with E-state index in [2.05, 4.69) is 22.9 Å². The van der Waals surface area contributed by atoms with Crippen LogP contribution in [0.15, 0.2) is 12.3 Å². The molecule has 1 amide bonds. The summed E-state index contributed by atoms with van der Waals surface area (Å²) in [5, 5.41) is 19.9. The molecule has 0 spiro atoms. The van der Waals surface area contributed by atoms with Crippen LogP contribution >= 0.6 is 12.6 Å². The highest BCUT2D eigenvalue weighted by molar-refractivity contribution is 7.80. The Bertz CT molecular complexity index is 649. The Morgan fingerprint density at radius 2 is 2.04 bits per heavy atom. The number of aromatic nitrogens is 1. The molecule has 0 saturated heterocycles. The fraction of sp³-hybridized carbons (Fsp3) is 0.588. The molecule has 1 aromatic heterocycles. The summed E-state index contributed by atoms with van der Waals surface area (Å²) >= 11 is 4.19. The van der Waals surface area contributed by atoms with Crippen LogP contribution < -0.4 is 10.6 Å². The van der Waals surface area contributed by atoms with Crippen LogP contribution in [0.2, 0.25) is 0 Å². The Kier molecular flexibility index (Phi) is 11.8. The van der Waals surface area contributed by atoms with Gasteiger partial charge in [0.1, 0.15) is 11.4 Å². The zero-order chi connectivity index (χ0) is 21.7. The Morgan fingerprint density at radius 1 is 1.43 bits per heavy atom. The summed E-state index contributed by atoms with van der Waals surface area (Å²) in [5.74, 6) is -0.162. The minimum absolute atomic E-state index is 0.221. The van der Waals surface area contributed by atoms with Crippen molar-refractivity contribution in [3.63, 3.8) is 0 Å². The van der Waals surface area contributed by atoms with E-state index in [9.17, 15) is 14.7 Å². The number of carbonyl (C=O) groups is 2. The molecule has 0 aliphatic rings. The highest BCUT2D eigenvalue weighted by Gasteiger charge is 2.21. The van der Waals surface area contributed by atoms with E-state index in [1.807, 2.05) is 0 Å². The highest BCUT2D eigenvalue weighted by Crippen LogP contribution is 2.19. The number of aliphatic hydroxyl groups is 1. The lowest BCUT2D eigenvalue weighted by Gasteiger charge is -2.20. The van der Waals surface area contributed by atoms with E-state index in [1.165, 1.54) is 0 Å². The van der Waals surface area contributed by atoms with Gasteiger partial charge in [-0.05, 0) is 45.7 Å². The monoisotopic (exact) mass is 418 g/mol. The quantitative estimate of drug-likeness (QED) is 0.198. The van der Waals surface area contributed by atoms with Gasteiger partial charge < -0.3 is 14.6 Å². The number of hydrogen-bond donors (Lipinski definition) is 3. The summed E-state index contributed by atoms with van der Waals surface area (Å²) in [7, 11) is 0. The Labute approximate surface area is 168 Å². The SMILES string of the molecule is CCOC(=O)C(CS)Cc1cnc(NC(=O)OC(C)(C)C)c(CO)c1.O=[O+][O-]. The topological polar surface area (TPSA) is 149 Å². The third kappa shape index (κ3) is 10.1. The smallest absolute Gasteiger partial charge is 0.413 e. The van der Waals surface area contributed by atoms with Crippen LogP contribution in [0.1, 0.15) is 38.8 Å². The van der Waals surface area contributed by atoms with Crippen LogP contribution in [0.5, 0.6) is 0 Å². The van der Waals surface area contributed by atoms with E-state index in [0.29, 0.717) is 24.3 Å². The maximum absolute atomic E-state index is 11.9. The molecule has 1 unspecified atom stereocenters. The molecule has 1 aromatic rings. The lowest BCUT2D eigenvalue weighted by Crippen LogP contribution is -2.28. The average molecular weight is 418 g/mol. The molecular formula is C17H26N2O8S. The maximum Gasteiger partial charge on any atom is 0.413 e. The summed E-state index contributed by atoms with van der Waals surface area (Å²) in [5.41, 5.74) is 0.541. The molecule has 0 aliphatic heterocycles. The minimum Gasteiger partial charge on any atom is -0.466 e. The van der Waals surface area contributed by atoms with E-state index >= 15 is 0 Å². The van der Waals surface area contributed by atoms with Crippen molar-refractivity contribution in [1.82, 2.24) is 4.98 Å². The van der Waals surface area contributed by atoms with Crippen LogP contribution in [-0.2, 0) is 27.3 Å². The second kappa shape index (κ2) is 12.9. The number of aliphatic hydroxyl groups excluding tert-OH is 1. The number of nitrogens with one attached hydrogen (secondary N) is 1. The number of nitrogens with zero attached hydrogens (tertiary/aromatic N) is 1. The third-order valence-electron chi connectivity index (χ3n) is 3.14. The number of hydrogen-bond acceptors (Lipinski definition) is 9. The van der Waals surface area contributed by atoms with E-state index in [-0.39, 0.29) is 18.4 Å². The molecule has 0 radical (unpaired) electrons. The fourth-order valence-electron chi connectivity index (χ4n) is 2.07. The molecule has 10 nitrogen and oxygen atoms in total. The number of pyridine rings is 1. The van der Waals surface area contributed by atoms with Gasteiger partial charge >= 0.3 is 12.1 Å². The molecule has 0 aliphatic carbocycles. The van der Waals surface area contributed by atoms with Gasteiger partial charge in [0.2, 0.25) is 0 Å². The molecule has 11 heteroatoms. The van der Waals surface area contributed by atoms with Crippen molar-refractivity contribution in [3.05, 3.63) is 33.1 Å². The third-order valence-corrected chi connectivity index (χ3v) is 3.58. The van der Waals surface area contributed by atoms with Crippen molar-refractivity contribution in [2.45, 2.75) is 46.3 Å². The largest absolute Gasteiger partial charge is 0.466 e. The molecule has 0 bridgehead atoms. The van der Waals surface area contributed by atoms with Crippen LogP contribution in [0.4, 0.5) is 10.6 Å². The normalized spacial score (nSPS) is 11.5. The van der Waals surface area contributed by atoms with Gasteiger partial charge in [-0.3, -0.25) is 10.1 Å². The van der Waals surface area contributed by atoms with Crippen molar-refractivity contribution in [3.8, 4) is 0 Å². The first-order valence-corrected chi connectivity index (χ1v) is 9.02. The second-order valence-corrected chi connectivity index (χ2v) is 6.91. The second-order valence-electron chi connectivity index (χ2n) is 6.54. The first kappa shape index (κ1) is 25.6. The lowest BCUT2D eigenvalue weighted by atomic mass is 10.0. The van der Waals surface area contributed by atoms with Gasteiger partial charge in [0.15, 0.2) is 4.75 Å². The average Bonchev–Trinajstić information content (AvgIpc) is 2.59. The molecule has 28 heavy (non-hydrogen) atoms. The molecule has 1 rings (SSSR count). The van der Waals surface area contributed by atoms with Gasteiger partial charge in [0.05, 0.1) is 19.1 Å². The number of esters is 1. The molecule has 158 valence electrons. The van der Waals surface area contributed by atoms with Crippen molar-refractivity contribution in [2.75, 3.05) is 17.7 Å². The van der Waals surface area contributed by atoms with Gasteiger partial charge in [0, 0.05) is 17.5 Å². The first-order chi connectivity index (χ1) is 13.1. The van der Waals surface area contributed by atoms with Crippen molar-refractivity contribution in [1.29, 1.82) is 0 Å². The summed E-state index contributed by atoms with van der Waals surface area (Å²) in [6, 6.07) is 1.69. The number of anilines is 1. The van der Waals surface area contributed by atoms with Gasteiger partial charge in [-0.25, -0.2) is 9.78 Å². The van der Waals surface area contributed by atoms with Crippen molar-refractivity contribution >= 4 is 30.5 Å². The maximum atomic E-state index is 11.9. The van der Waals surface area contributed by atoms with Crippen molar-refractivity contribution < 1.29 is 29.4 Å². The predicted molar refractivity (Wildman–Crippen MR) is 104 cm³/mol. The molecule has 0 aromatic carbocycles. The van der Waals surface area contributed by atoms with E-state index in [4.69, 9.17) is 19.7 Å². The van der Waals surface area contributed by atoms with E-state index in [0.717, 1.165) is 5.56 Å². The van der Waals surface area contributed by atoms with Crippen LogP contribution in [0.3, 0.4) is 0 Å². The minimum atomic E-state index is -0.651. The molecule has 1 heterocycles. The Balaban J connectivity index is 0.00000227. The van der Waals surface area contributed by atoms with Gasteiger partial charge in [-0.1, -0.05) is 10.2 Å². The summed E-state index contributed by atoms with van der Waals surface area (Å²) < 4.78 is 11.9. The summed E-state index contributed by atoms with van der Waals surface area (Å²) in [6.45, 7) is 7.00. The number of ether oxygens (including phenoxy) is 2.